The van der Waals surface area contributed by atoms with Crippen LogP contribution in [0.3, 0.4) is 0 Å². The van der Waals surface area contributed by atoms with Gasteiger partial charge >= 0.3 is 0 Å². The Labute approximate surface area is 139 Å². The van der Waals surface area contributed by atoms with Crippen molar-refractivity contribution in [3.8, 4) is 0 Å². The number of hydrogen-bond acceptors (Lipinski definition) is 5. The molecule has 128 valence electrons. The molecule has 1 amide bonds. The van der Waals surface area contributed by atoms with Gasteiger partial charge in [0.05, 0.1) is 29.2 Å². The summed E-state index contributed by atoms with van der Waals surface area (Å²) in [5, 5.41) is 13.6. The number of benzene rings is 1. The molecule has 1 aromatic heterocycles. The molecule has 7 nitrogen and oxygen atoms in total. The largest absolute Gasteiger partial charge is 0.548 e. The smallest absolute Gasteiger partial charge is 0.261 e. The molecule has 0 saturated heterocycles. The Morgan fingerprint density at radius 3 is 2.54 bits per heavy atom. The Bertz CT molecular complexity index is 813. The summed E-state index contributed by atoms with van der Waals surface area (Å²) in [7, 11) is 0. The molecular formula is C17H20N3O4-. The topological polar surface area (TPSA) is 104 Å². The van der Waals surface area contributed by atoms with Crippen LogP contribution >= 0.6 is 0 Å². The first-order valence-electron chi connectivity index (χ1n) is 7.78. The van der Waals surface area contributed by atoms with E-state index in [-0.39, 0.29) is 11.5 Å². The van der Waals surface area contributed by atoms with Gasteiger partial charge in [-0.15, -0.1) is 0 Å². The molecule has 1 heterocycles. The molecule has 0 aliphatic rings. The average Bonchev–Trinajstić information content (AvgIpc) is 2.53. The molecule has 7 heteroatoms. The van der Waals surface area contributed by atoms with Crippen molar-refractivity contribution in [3.63, 3.8) is 0 Å². The first-order chi connectivity index (χ1) is 11.3. The predicted molar refractivity (Wildman–Crippen MR) is 87.1 cm³/mol. The van der Waals surface area contributed by atoms with Crippen molar-refractivity contribution in [2.45, 2.75) is 39.3 Å². The number of rotatable bonds is 6. The fourth-order valence-electron chi connectivity index (χ4n) is 2.47. The standard InChI is InChI=1S/C17H21N3O4/c1-10(2)8-14(15(21)19-11(3)17(23)24)20-9-18-13-7-5-4-6-12(13)16(20)22/h4-7,9-11,14H,8H2,1-3H3,(H,19,21)(H,23,24)/p-1/t11-,14-/m0/s1. The van der Waals surface area contributed by atoms with Gasteiger partial charge in [0.1, 0.15) is 6.04 Å². The summed E-state index contributed by atoms with van der Waals surface area (Å²) < 4.78 is 1.26. The number of amides is 1. The predicted octanol–water partition coefficient (Wildman–Crippen LogP) is 0.238. The summed E-state index contributed by atoms with van der Waals surface area (Å²) in [6, 6.07) is 4.89. The summed E-state index contributed by atoms with van der Waals surface area (Å²) in [5.41, 5.74) is 0.216. The molecule has 0 spiro atoms. The molecule has 1 N–H and O–H groups in total. The number of carboxylic acids is 1. The summed E-state index contributed by atoms with van der Waals surface area (Å²) >= 11 is 0. The molecule has 24 heavy (non-hydrogen) atoms. The second-order valence-electron chi connectivity index (χ2n) is 6.17. The fraction of sp³-hybridized carbons (Fsp3) is 0.412. The zero-order chi connectivity index (χ0) is 17.9. The fourth-order valence-corrected chi connectivity index (χ4v) is 2.47. The van der Waals surface area contributed by atoms with Crippen LogP contribution in [0.4, 0.5) is 0 Å². The third-order valence-corrected chi connectivity index (χ3v) is 3.74. The highest BCUT2D eigenvalue weighted by Crippen LogP contribution is 2.17. The zero-order valence-electron chi connectivity index (χ0n) is 13.9. The molecule has 0 aliphatic carbocycles. The number of para-hydroxylation sites is 1. The second-order valence-corrected chi connectivity index (χ2v) is 6.17. The lowest BCUT2D eigenvalue weighted by atomic mass is 10.0. The van der Waals surface area contributed by atoms with E-state index >= 15 is 0 Å². The molecular weight excluding hydrogens is 310 g/mol. The van der Waals surface area contributed by atoms with Crippen molar-refractivity contribution in [1.82, 2.24) is 14.9 Å². The Hall–Kier alpha value is -2.70. The van der Waals surface area contributed by atoms with Crippen molar-refractivity contribution in [3.05, 3.63) is 40.9 Å². The van der Waals surface area contributed by atoms with E-state index in [2.05, 4.69) is 10.3 Å². The maximum Gasteiger partial charge on any atom is 0.261 e. The van der Waals surface area contributed by atoms with E-state index in [1.165, 1.54) is 17.8 Å². The van der Waals surface area contributed by atoms with Crippen LogP contribution in [0.25, 0.3) is 10.9 Å². The molecule has 2 aromatic rings. The van der Waals surface area contributed by atoms with Crippen molar-refractivity contribution in [2.75, 3.05) is 0 Å². The summed E-state index contributed by atoms with van der Waals surface area (Å²) in [4.78, 5) is 40.3. The summed E-state index contributed by atoms with van der Waals surface area (Å²) in [6.07, 6.45) is 1.71. The van der Waals surface area contributed by atoms with Crippen molar-refractivity contribution < 1.29 is 14.7 Å². The van der Waals surface area contributed by atoms with Crippen LogP contribution in [-0.2, 0) is 9.59 Å². The highest BCUT2D eigenvalue weighted by molar-refractivity contribution is 5.85. The van der Waals surface area contributed by atoms with Gasteiger partial charge in [0.2, 0.25) is 5.91 Å². The van der Waals surface area contributed by atoms with Crippen LogP contribution in [0.5, 0.6) is 0 Å². The first-order valence-corrected chi connectivity index (χ1v) is 7.78. The van der Waals surface area contributed by atoms with E-state index in [0.717, 1.165) is 0 Å². The molecule has 0 saturated carbocycles. The molecule has 0 fully saturated rings. The van der Waals surface area contributed by atoms with E-state index in [9.17, 15) is 19.5 Å². The van der Waals surface area contributed by atoms with E-state index < -0.39 is 24.0 Å². The Morgan fingerprint density at radius 1 is 1.25 bits per heavy atom. The Morgan fingerprint density at radius 2 is 1.92 bits per heavy atom. The third-order valence-electron chi connectivity index (χ3n) is 3.74. The molecule has 2 rings (SSSR count). The normalized spacial score (nSPS) is 13.7. The van der Waals surface area contributed by atoms with Crippen molar-refractivity contribution in [1.29, 1.82) is 0 Å². The van der Waals surface area contributed by atoms with Gasteiger partial charge < -0.3 is 15.2 Å². The van der Waals surface area contributed by atoms with E-state index in [1.807, 2.05) is 13.8 Å². The van der Waals surface area contributed by atoms with Crippen LogP contribution in [0.2, 0.25) is 0 Å². The quantitative estimate of drug-likeness (QED) is 0.817. The highest BCUT2D eigenvalue weighted by atomic mass is 16.4. The van der Waals surface area contributed by atoms with E-state index in [4.69, 9.17) is 0 Å². The highest BCUT2D eigenvalue weighted by Gasteiger charge is 2.25. The van der Waals surface area contributed by atoms with Gasteiger partial charge in [0.15, 0.2) is 0 Å². The van der Waals surface area contributed by atoms with Crippen molar-refractivity contribution in [2.24, 2.45) is 5.92 Å². The number of carbonyl (C=O) groups excluding carboxylic acids is 2. The average molecular weight is 330 g/mol. The van der Waals surface area contributed by atoms with Crippen LogP contribution < -0.4 is 16.0 Å². The lowest BCUT2D eigenvalue weighted by Gasteiger charge is -2.23. The minimum atomic E-state index is -1.38. The molecule has 2 atom stereocenters. The Balaban J connectivity index is 2.44. The first kappa shape index (κ1) is 17.7. The maximum absolute atomic E-state index is 12.7. The molecule has 0 aliphatic heterocycles. The zero-order valence-corrected chi connectivity index (χ0v) is 13.9. The van der Waals surface area contributed by atoms with Gasteiger partial charge in [0.25, 0.3) is 5.56 Å². The second kappa shape index (κ2) is 7.25. The number of carboxylic acid groups (broad SMARTS) is 1. The minimum absolute atomic E-state index is 0.123. The molecule has 0 bridgehead atoms. The number of aromatic nitrogens is 2. The lowest BCUT2D eigenvalue weighted by molar-refractivity contribution is -0.307. The summed E-state index contributed by atoms with van der Waals surface area (Å²) in [5.74, 6) is -1.80. The van der Waals surface area contributed by atoms with Gasteiger partial charge in [-0.25, -0.2) is 4.98 Å². The number of hydrogen-bond donors (Lipinski definition) is 1. The molecule has 0 unspecified atom stereocenters. The number of nitrogens with one attached hydrogen (secondary N) is 1. The molecule has 1 aromatic carbocycles. The maximum atomic E-state index is 12.7. The van der Waals surface area contributed by atoms with Crippen LogP contribution in [0.1, 0.15) is 33.2 Å². The van der Waals surface area contributed by atoms with Crippen LogP contribution in [0.15, 0.2) is 35.4 Å². The number of nitrogens with zero attached hydrogens (tertiary/aromatic N) is 2. The van der Waals surface area contributed by atoms with Gasteiger partial charge in [-0.2, -0.15) is 0 Å². The van der Waals surface area contributed by atoms with E-state index in [1.54, 1.807) is 24.3 Å². The van der Waals surface area contributed by atoms with Crippen LogP contribution in [-0.4, -0.2) is 27.5 Å². The molecule has 0 radical (unpaired) electrons. The lowest BCUT2D eigenvalue weighted by Crippen LogP contribution is -2.49. The monoisotopic (exact) mass is 330 g/mol. The SMILES string of the molecule is CC(C)C[C@@H](C(=O)N[C@@H](C)C(=O)[O-])n1cnc2ccccc2c1=O. The third kappa shape index (κ3) is 3.79. The van der Waals surface area contributed by atoms with Crippen LogP contribution in [0, 0.1) is 5.92 Å². The Kier molecular flexibility index (Phi) is 5.33. The number of fused-ring (bicyclic) bond motifs is 1. The van der Waals surface area contributed by atoms with E-state index in [0.29, 0.717) is 17.3 Å². The van der Waals surface area contributed by atoms with Crippen molar-refractivity contribution >= 4 is 22.8 Å². The number of carbonyl (C=O) groups is 2. The van der Waals surface area contributed by atoms with Gasteiger partial charge in [-0.3, -0.25) is 14.2 Å². The summed E-state index contributed by atoms with van der Waals surface area (Å²) in [6.45, 7) is 5.16. The van der Waals surface area contributed by atoms with Gasteiger partial charge in [-0.1, -0.05) is 26.0 Å². The van der Waals surface area contributed by atoms with Gasteiger partial charge in [-0.05, 0) is 31.4 Å². The minimum Gasteiger partial charge on any atom is -0.548 e. The number of aliphatic carboxylic acids is 1. The van der Waals surface area contributed by atoms with Gasteiger partial charge in [0, 0.05) is 0 Å².